The maximum absolute atomic E-state index is 12.4. The number of likely N-dealkylation sites (tertiary alicyclic amines) is 1. The summed E-state index contributed by atoms with van der Waals surface area (Å²) in [5.41, 5.74) is 3.61. The summed E-state index contributed by atoms with van der Waals surface area (Å²) in [4.78, 5) is 27.2. The van der Waals surface area contributed by atoms with E-state index in [0.717, 1.165) is 31.5 Å². The first-order chi connectivity index (χ1) is 12.3. The minimum atomic E-state index is -0.797. The first kappa shape index (κ1) is 20.4. The molecule has 1 heterocycles. The van der Waals surface area contributed by atoms with E-state index in [2.05, 4.69) is 42.3 Å². The maximum Gasteiger partial charge on any atom is 0.317 e. The van der Waals surface area contributed by atoms with E-state index in [9.17, 15) is 9.59 Å². The van der Waals surface area contributed by atoms with Crippen molar-refractivity contribution in [2.75, 3.05) is 33.2 Å². The molecule has 0 bridgehead atoms. The molecule has 0 saturated carbocycles. The van der Waals surface area contributed by atoms with Crippen LogP contribution in [-0.2, 0) is 9.59 Å². The van der Waals surface area contributed by atoms with E-state index in [1.54, 1.807) is 0 Å². The number of carboxylic acids is 1. The molecule has 6 heteroatoms. The van der Waals surface area contributed by atoms with E-state index in [0.29, 0.717) is 6.54 Å². The van der Waals surface area contributed by atoms with Gasteiger partial charge in [0.15, 0.2) is 0 Å². The fraction of sp³-hybridized carbons (Fsp3) is 0.600. The summed E-state index contributed by atoms with van der Waals surface area (Å²) in [5.74, 6) is -0.761. The highest BCUT2D eigenvalue weighted by Crippen LogP contribution is 2.18. The summed E-state index contributed by atoms with van der Waals surface area (Å²) in [5, 5.41) is 12.0. The lowest BCUT2D eigenvalue weighted by Crippen LogP contribution is -2.47. The molecule has 26 heavy (non-hydrogen) atoms. The second-order valence-electron chi connectivity index (χ2n) is 7.45. The number of nitrogens with zero attached hydrogens (tertiary/aromatic N) is 2. The third kappa shape index (κ3) is 5.81. The molecule has 1 amide bonds. The average Bonchev–Trinajstić information content (AvgIpc) is 2.57. The molecule has 1 saturated heterocycles. The van der Waals surface area contributed by atoms with Crippen molar-refractivity contribution < 1.29 is 14.7 Å². The number of carboxylic acid groups (broad SMARTS) is 1. The molecule has 6 nitrogen and oxygen atoms in total. The Hall–Kier alpha value is -1.92. The molecule has 1 fully saturated rings. The van der Waals surface area contributed by atoms with Crippen molar-refractivity contribution in [2.45, 2.75) is 45.7 Å². The Labute approximate surface area is 156 Å². The van der Waals surface area contributed by atoms with E-state index in [-0.39, 0.29) is 24.5 Å². The number of likely N-dealkylation sites (N-methyl/N-ethyl adjacent to an activating group) is 1. The van der Waals surface area contributed by atoms with Crippen LogP contribution in [0.3, 0.4) is 0 Å². The molecule has 1 unspecified atom stereocenters. The first-order valence-corrected chi connectivity index (χ1v) is 9.27. The van der Waals surface area contributed by atoms with Gasteiger partial charge in [0.1, 0.15) is 0 Å². The Morgan fingerprint density at radius 3 is 2.50 bits per heavy atom. The van der Waals surface area contributed by atoms with Gasteiger partial charge >= 0.3 is 5.97 Å². The van der Waals surface area contributed by atoms with Gasteiger partial charge in [-0.1, -0.05) is 18.2 Å². The smallest absolute Gasteiger partial charge is 0.317 e. The molecule has 2 N–H and O–H groups in total. The van der Waals surface area contributed by atoms with Crippen molar-refractivity contribution in [3.63, 3.8) is 0 Å². The van der Waals surface area contributed by atoms with Gasteiger partial charge in [0.25, 0.3) is 0 Å². The van der Waals surface area contributed by atoms with Gasteiger partial charge in [-0.25, -0.2) is 0 Å². The molecule has 1 aromatic rings. The van der Waals surface area contributed by atoms with E-state index in [1.165, 1.54) is 11.1 Å². The van der Waals surface area contributed by atoms with E-state index >= 15 is 0 Å². The number of nitrogens with one attached hydrogen (secondary N) is 1. The number of benzene rings is 1. The van der Waals surface area contributed by atoms with Crippen molar-refractivity contribution >= 4 is 11.9 Å². The zero-order chi connectivity index (χ0) is 19.3. The van der Waals surface area contributed by atoms with Crippen LogP contribution in [0.5, 0.6) is 0 Å². The Kier molecular flexibility index (Phi) is 7.17. The zero-order valence-electron chi connectivity index (χ0n) is 16.3. The average molecular weight is 361 g/mol. The Morgan fingerprint density at radius 1 is 1.27 bits per heavy atom. The minimum Gasteiger partial charge on any atom is -0.480 e. The van der Waals surface area contributed by atoms with Crippen molar-refractivity contribution in [2.24, 2.45) is 0 Å². The normalized spacial score (nSPS) is 17.3. The molecular formula is C20H31N3O3. The second-order valence-corrected chi connectivity index (χ2v) is 7.45. The van der Waals surface area contributed by atoms with Crippen LogP contribution in [0.25, 0.3) is 0 Å². The number of piperidine rings is 1. The maximum atomic E-state index is 12.4. The van der Waals surface area contributed by atoms with Crippen molar-refractivity contribution in [1.82, 2.24) is 15.1 Å². The number of hydrogen-bond donors (Lipinski definition) is 2. The number of carbonyl (C=O) groups is 2. The van der Waals surface area contributed by atoms with E-state index in [1.807, 2.05) is 18.9 Å². The molecule has 1 aliphatic rings. The van der Waals surface area contributed by atoms with Crippen molar-refractivity contribution in [1.29, 1.82) is 0 Å². The number of amides is 1. The van der Waals surface area contributed by atoms with Gasteiger partial charge in [0.2, 0.25) is 5.91 Å². The van der Waals surface area contributed by atoms with Crippen molar-refractivity contribution in [3.05, 3.63) is 34.9 Å². The van der Waals surface area contributed by atoms with Crippen LogP contribution in [0.4, 0.5) is 0 Å². The lowest BCUT2D eigenvalue weighted by atomic mass is 10.0. The van der Waals surface area contributed by atoms with Gasteiger partial charge in [-0.2, -0.15) is 0 Å². The Balaban J connectivity index is 1.78. The quantitative estimate of drug-likeness (QED) is 0.777. The standard InChI is InChI=1S/C20H31N3O3/c1-14-5-6-17(11-15(14)2)16(3)21-19(24)12-23-9-7-18(8-10-23)22(4)13-20(25)26/h5-6,11,16,18H,7-10,12-13H2,1-4H3,(H,21,24)(H,25,26). The van der Waals surface area contributed by atoms with E-state index < -0.39 is 5.97 Å². The number of aliphatic carboxylic acids is 1. The highest BCUT2D eigenvalue weighted by atomic mass is 16.4. The summed E-state index contributed by atoms with van der Waals surface area (Å²) in [6.45, 7) is 8.27. The third-order valence-corrected chi connectivity index (χ3v) is 5.34. The van der Waals surface area contributed by atoms with Crippen LogP contribution >= 0.6 is 0 Å². The van der Waals surface area contributed by atoms with Crippen LogP contribution in [-0.4, -0.2) is 66.1 Å². The zero-order valence-corrected chi connectivity index (χ0v) is 16.3. The number of aryl methyl sites for hydroxylation is 2. The summed E-state index contributed by atoms with van der Waals surface area (Å²) in [7, 11) is 1.85. The Bertz CT molecular complexity index is 639. The van der Waals surface area contributed by atoms with Gasteiger partial charge in [-0.3, -0.25) is 19.4 Å². The van der Waals surface area contributed by atoms with Gasteiger partial charge in [0.05, 0.1) is 19.1 Å². The molecule has 144 valence electrons. The molecule has 1 aliphatic heterocycles. The molecule has 2 rings (SSSR count). The summed E-state index contributed by atoms with van der Waals surface area (Å²) >= 11 is 0. The molecule has 0 radical (unpaired) electrons. The van der Waals surface area contributed by atoms with Gasteiger partial charge in [-0.15, -0.1) is 0 Å². The van der Waals surface area contributed by atoms with Crippen LogP contribution in [0.1, 0.15) is 42.5 Å². The van der Waals surface area contributed by atoms with Crippen LogP contribution in [0.15, 0.2) is 18.2 Å². The molecule has 0 aliphatic carbocycles. The lowest BCUT2D eigenvalue weighted by Gasteiger charge is -2.35. The second kappa shape index (κ2) is 9.14. The van der Waals surface area contributed by atoms with Crippen LogP contribution < -0.4 is 5.32 Å². The monoisotopic (exact) mass is 361 g/mol. The fourth-order valence-corrected chi connectivity index (χ4v) is 3.47. The van der Waals surface area contributed by atoms with Gasteiger partial charge in [-0.05, 0) is 57.4 Å². The van der Waals surface area contributed by atoms with Crippen LogP contribution in [0, 0.1) is 13.8 Å². The van der Waals surface area contributed by atoms with Crippen molar-refractivity contribution in [3.8, 4) is 0 Å². The topological polar surface area (TPSA) is 72.9 Å². The summed E-state index contributed by atoms with van der Waals surface area (Å²) in [6.07, 6.45) is 1.79. The molecule has 1 aromatic carbocycles. The van der Waals surface area contributed by atoms with Gasteiger partial charge in [0, 0.05) is 19.1 Å². The minimum absolute atomic E-state index is 0.0129. The molecule has 0 spiro atoms. The predicted molar refractivity (Wildman–Crippen MR) is 102 cm³/mol. The molecule has 1 atom stereocenters. The molecule has 0 aromatic heterocycles. The third-order valence-electron chi connectivity index (χ3n) is 5.34. The SMILES string of the molecule is Cc1ccc(C(C)NC(=O)CN2CCC(N(C)CC(=O)O)CC2)cc1C. The highest BCUT2D eigenvalue weighted by molar-refractivity contribution is 5.78. The fourth-order valence-electron chi connectivity index (χ4n) is 3.47. The van der Waals surface area contributed by atoms with Gasteiger partial charge < -0.3 is 10.4 Å². The highest BCUT2D eigenvalue weighted by Gasteiger charge is 2.24. The number of hydrogen-bond acceptors (Lipinski definition) is 4. The van der Waals surface area contributed by atoms with E-state index in [4.69, 9.17) is 5.11 Å². The summed E-state index contributed by atoms with van der Waals surface area (Å²) < 4.78 is 0. The predicted octanol–water partition coefficient (Wildman–Crippen LogP) is 1.96. The first-order valence-electron chi connectivity index (χ1n) is 9.27. The summed E-state index contributed by atoms with van der Waals surface area (Å²) in [6, 6.07) is 6.55. The molecular weight excluding hydrogens is 330 g/mol. The Morgan fingerprint density at radius 2 is 1.92 bits per heavy atom. The van der Waals surface area contributed by atoms with Crippen LogP contribution in [0.2, 0.25) is 0 Å². The lowest BCUT2D eigenvalue weighted by molar-refractivity contribution is -0.138. The number of carbonyl (C=O) groups excluding carboxylic acids is 1. The largest absolute Gasteiger partial charge is 0.480 e. The number of rotatable bonds is 7.